The number of fused-ring (bicyclic) bond motifs is 3. The lowest BCUT2D eigenvalue weighted by atomic mass is 10.1. The predicted molar refractivity (Wildman–Crippen MR) is 124 cm³/mol. The first-order chi connectivity index (χ1) is 15.9. The van der Waals surface area contributed by atoms with Gasteiger partial charge in [0, 0.05) is 29.7 Å². The van der Waals surface area contributed by atoms with Gasteiger partial charge >= 0.3 is 11.8 Å². The van der Waals surface area contributed by atoms with Gasteiger partial charge in [-0.3, -0.25) is 14.3 Å². The second kappa shape index (κ2) is 7.93. The maximum atomic E-state index is 13.8. The van der Waals surface area contributed by atoms with E-state index in [4.69, 9.17) is 16.3 Å². The molecule has 0 saturated carbocycles. The fourth-order valence-electron chi connectivity index (χ4n) is 4.48. The van der Waals surface area contributed by atoms with Crippen LogP contribution in [0.15, 0.2) is 58.3 Å². The van der Waals surface area contributed by atoms with Gasteiger partial charge in [-0.05, 0) is 30.7 Å². The molecule has 1 atom stereocenters. The summed E-state index contributed by atoms with van der Waals surface area (Å²) < 4.78 is 8.00. The van der Waals surface area contributed by atoms with E-state index in [1.807, 2.05) is 0 Å². The molecular weight excluding hydrogens is 448 g/mol. The highest BCUT2D eigenvalue weighted by molar-refractivity contribution is 6.30. The molecule has 1 aliphatic rings. The molecule has 10 heteroatoms. The summed E-state index contributed by atoms with van der Waals surface area (Å²) in [7, 11) is 1.52. The molecule has 1 amide bonds. The van der Waals surface area contributed by atoms with E-state index >= 15 is 0 Å². The Kier molecular flexibility index (Phi) is 5.05. The number of hydrogen-bond donors (Lipinski definition) is 1. The molecule has 1 N–H and O–H groups in total. The van der Waals surface area contributed by atoms with Crippen LogP contribution >= 0.6 is 11.6 Å². The average molecular weight is 467 g/mol. The van der Waals surface area contributed by atoms with Gasteiger partial charge in [0.2, 0.25) is 0 Å². The maximum absolute atomic E-state index is 13.8. The lowest BCUT2D eigenvalue weighted by Gasteiger charge is -2.21. The number of benzene rings is 2. The predicted octanol–water partition coefficient (Wildman–Crippen LogP) is 3.29. The zero-order valence-electron chi connectivity index (χ0n) is 17.6. The van der Waals surface area contributed by atoms with Crippen LogP contribution in [0.2, 0.25) is 5.02 Å². The molecule has 2 aromatic carbocycles. The van der Waals surface area contributed by atoms with Crippen LogP contribution in [0.5, 0.6) is 5.75 Å². The molecule has 1 aliphatic heterocycles. The quantitative estimate of drug-likeness (QED) is 0.464. The summed E-state index contributed by atoms with van der Waals surface area (Å²) in [6.45, 7) is 0.419. The summed E-state index contributed by atoms with van der Waals surface area (Å²) >= 11 is 6.13. The van der Waals surface area contributed by atoms with Crippen LogP contribution in [-0.4, -0.2) is 50.4 Å². The van der Waals surface area contributed by atoms with Crippen LogP contribution < -0.4 is 16.0 Å². The van der Waals surface area contributed by atoms with Gasteiger partial charge in [-0.2, -0.15) is 0 Å². The van der Waals surface area contributed by atoms with Gasteiger partial charge in [-0.25, -0.2) is 14.2 Å². The minimum Gasteiger partial charge on any atom is -0.494 e. The fraction of sp³-hybridized carbons (Fsp3) is 0.217. The van der Waals surface area contributed by atoms with Gasteiger partial charge in [0.25, 0.3) is 5.56 Å². The van der Waals surface area contributed by atoms with Crippen LogP contribution in [0.4, 0.5) is 4.79 Å². The summed E-state index contributed by atoms with van der Waals surface area (Å²) in [5, 5.41) is 10.6. The van der Waals surface area contributed by atoms with Gasteiger partial charge in [0.1, 0.15) is 11.3 Å². The highest BCUT2D eigenvalue weighted by Gasteiger charge is 2.31. The smallest absolute Gasteiger partial charge is 0.407 e. The number of likely N-dealkylation sites (tertiary alicyclic amines) is 1. The second-order valence-electron chi connectivity index (χ2n) is 7.82. The standard InChI is InChI=1S/C23H19ClN4O5/c1-33-18-7-3-6-16-19(18)25-11-17-20(16)27(15-8-9-26(12-15)23(31)32)22(30)28(21(17)29)14-5-2-4-13(24)10-14/h2-7,10-11,15H,8-9,12H2,1H3,(H,31,32)/t15-/m1/s1. The van der Waals surface area contributed by atoms with Gasteiger partial charge in [-0.15, -0.1) is 0 Å². The Labute approximate surface area is 192 Å². The van der Waals surface area contributed by atoms with Crippen molar-refractivity contribution >= 4 is 39.5 Å². The minimum atomic E-state index is -1.05. The summed E-state index contributed by atoms with van der Waals surface area (Å²) in [5.41, 5.74) is 0.145. The normalized spacial score (nSPS) is 15.9. The van der Waals surface area contributed by atoms with Crippen LogP contribution in [0, 0.1) is 0 Å². The Bertz CT molecular complexity index is 1540. The first kappa shape index (κ1) is 21.0. The summed E-state index contributed by atoms with van der Waals surface area (Å²) in [4.78, 5) is 44.6. The van der Waals surface area contributed by atoms with Crippen molar-refractivity contribution < 1.29 is 14.6 Å². The Morgan fingerprint density at radius 1 is 1.18 bits per heavy atom. The number of carbonyl (C=O) groups is 1. The third kappa shape index (κ3) is 3.32. The van der Waals surface area contributed by atoms with Gasteiger partial charge in [0.15, 0.2) is 0 Å². The zero-order valence-corrected chi connectivity index (χ0v) is 18.3. The lowest BCUT2D eigenvalue weighted by Crippen LogP contribution is -2.41. The summed E-state index contributed by atoms with van der Waals surface area (Å²) in [5.74, 6) is 0.506. The van der Waals surface area contributed by atoms with Crippen molar-refractivity contribution in [2.75, 3.05) is 20.2 Å². The van der Waals surface area contributed by atoms with E-state index in [0.717, 1.165) is 4.57 Å². The third-order valence-corrected chi connectivity index (χ3v) is 6.22. The van der Waals surface area contributed by atoms with Crippen molar-refractivity contribution in [1.29, 1.82) is 0 Å². The van der Waals surface area contributed by atoms with E-state index in [1.165, 1.54) is 28.8 Å². The number of ether oxygens (including phenoxy) is 1. The number of halogens is 1. The van der Waals surface area contributed by atoms with Crippen molar-refractivity contribution in [1.82, 2.24) is 19.0 Å². The Morgan fingerprint density at radius 2 is 1.97 bits per heavy atom. The minimum absolute atomic E-state index is 0.131. The van der Waals surface area contributed by atoms with E-state index in [2.05, 4.69) is 4.98 Å². The second-order valence-corrected chi connectivity index (χ2v) is 8.26. The Balaban J connectivity index is 1.91. The molecular formula is C23H19ClN4O5. The Hall–Kier alpha value is -3.85. The molecule has 5 rings (SSSR count). The summed E-state index contributed by atoms with van der Waals surface area (Å²) in [6, 6.07) is 11.3. The molecule has 1 saturated heterocycles. The molecule has 168 valence electrons. The third-order valence-electron chi connectivity index (χ3n) is 5.99. The Morgan fingerprint density at radius 3 is 2.67 bits per heavy atom. The first-order valence-electron chi connectivity index (χ1n) is 10.3. The van der Waals surface area contributed by atoms with Crippen molar-refractivity contribution in [2.45, 2.75) is 12.5 Å². The molecule has 0 radical (unpaired) electrons. The molecule has 2 aromatic heterocycles. The van der Waals surface area contributed by atoms with Gasteiger partial charge in [0.05, 0.1) is 29.7 Å². The largest absolute Gasteiger partial charge is 0.494 e. The van der Waals surface area contributed by atoms with E-state index in [0.29, 0.717) is 39.3 Å². The fourth-order valence-corrected chi connectivity index (χ4v) is 4.67. The molecule has 0 unspecified atom stereocenters. The first-order valence-corrected chi connectivity index (χ1v) is 10.6. The lowest BCUT2D eigenvalue weighted by molar-refractivity contribution is 0.154. The molecule has 0 spiro atoms. The number of aromatic nitrogens is 3. The van der Waals surface area contributed by atoms with E-state index in [-0.39, 0.29) is 18.5 Å². The number of methoxy groups -OCH3 is 1. The monoisotopic (exact) mass is 466 g/mol. The topological polar surface area (TPSA) is 107 Å². The molecule has 33 heavy (non-hydrogen) atoms. The van der Waals surface area contributed by atoms with Gasteiger partial charge < -0.3 is 14.7 Å². The number of rotatable bonds is 3. The number of hydrogen-bond acceptors (Lipinski definition) is 5. The van der Waals surface area contributed by atoms with Gasteiger partial charge in [-0.1, -0.05) is 29.8 Å². The van der Waals surface area contributed by atoms with Crippen LogP contribution in [0.1, 0.15) is 12.5 Å². The van der Waals surface area contributed by atoms with Crippen molar-refractivity contribution in [3.8, 4) is 11.4 Å². The number of pyridine rings is 1. The number of amides is 1. The van der Waals surface area contributed by atoms with E-state index < -0.39 is 23.4 Å². The van der Waals surface area contributed by atoms with Crippen molar-refractivity contribution in [2.24, 2.45) is 0 Å². The molecule has 3 heterocycles. The average Bonchev–Trinajstić information content (AvgIpc) is 3.29. The van der Waals surface area contributed by atoms with E-state index in [1.54, 1.807) is 36.4 Å². The SMILES string of the molecule is COc1cccc2c1ncc1c(=O)n(-c3cccc(Cl)c3)c(=O)n([C@@H]3CCN(C(=O)O)C3)c12. The van der Waals surface area contributed by atoms with Crippen LogP contribution in [0.3, 0.4) is 0 Å². The molecule has 1 fully saturated rings. The van der Waals surface area contributed by atoms with Crippen molar-refractivity contribution in [3.63, 3.8) is 0 Å². The number of para-hydroxylation sites is 1. The molecule has 9 nitrogen and oxygen atoms in total. The van der Waals surface area contributed by atoms with Crippen molar-refractivity contribution in [3.05, 3.63) is 74.5 Å². The number of nitrogens with zero attached hydrogens (tertiary/aromatic N) is 4. The maximum Gasteiger partial charge on any atom is 0.407 e. The molecule has 4 aromatic rings. The highest BCUT2D eigenvalue weighted by atomic mass is 35.5. The summed E-state index contributed by atoms with van der Waals surface area (Å²) in [6.07, 6.45) is 0.818. The highest BCUT2D eigenvalue weighted by Crippen LogP contribution is 2.31. The van der Waals surface area contributed by atoms with Crippen LogP contribution in [-0.2, 0) is 0 Å². The van der Waals surface area contributed by atoms with E-state index in [9.17, 15) is 19.5 Å². The van der Waals surface area contributed by atoms with Crippen LogP contribution in [0.25, 0.3) is 27.5 Å². The zero-order chi connectivity index (χ0) is 23.3. The number of carboxylic acid groups (broad SMARTS) is 1. The molecule has 0 aliphatic carbocycles. The molecule has 0 bridgehead atoms.